The van der Waals surface area contributed by atoms with Crippen LogP contribution in [0.4, 0.5) is 17.6 Å². The van der Waals surface area contributed by atoms with Crippen molar-refractivity contribution in [2.24, 2.45) is 5.92 Å². The molecule has 0 spiro atoms. The topological polar surface area (TPSA) is 24.5 Å². The van der Waals surface area contributed by atoms with E-state index in [1.807, 2.05) is 0 Å². The molecule has 1 aromatic carbocycles. The third-order valence-corrected chi connectivity index (χ3v) is 5.37. The minimum absolute atomic E-state index is 0. The fourth-order valence-corrected chi connectivity index (χ4v) is 4.13. The third kappa shape index (κ3) is 5.72. The molecule has 0 unspecified atom stereocenters. The fraction of sp³-hybridized carbons (Fsp3) is 0.684. The molecule has 1 saturated carbocycles. The highest BCUT2D eigenvalue weighted by Crippen LogP contribution is 2.39. The van der Waals surface area contributed by atoms with Gasteiger partial charge in [-0.15, -0.1) is 12.4 Å². The number of alkyl halides is 4. The molecule has 2 aliphatic rings. The Bertz CT molecular complexity index is 543. The average Bonchev–Trinajstić information content (AvgIpc) is 2.65. The lowest BCUT2D eigenvalue weighted by Gasteiger charge is -2.41. The molecular formula is C19H27ClF4N2O. The molecule has 1 heterocycles. The van der Waals surface area contributed by atoms with Crippen molar-refractivity contribution in [3.05, 3.63) is 29.8 Å². The Balaban J connectivity index is 0.00000261. The van der Waals surface area contributed by atoms with Gasteiger partial charge in [-0.3, -0.25) is 4.90 Å². The van der Waals surface area contributed by atoms with Crippen LogP contribution in [0.2, 0.25) is 0 Å². The zero-order chi connectivity index (χ0) is 18.6. The van der Waals surface area contributed by atoms with Crippen molar-refractivity contribution in [2.75, 3.05) is 26.2 Å². The summed E-state index contributed by atoms with van der Waals surface area (Å²) >= 11 is 0. The maximum absolute atomic E-state index is 13.1. The van der Waals surface area contributed by atoms with Gasteiger partial charge in [-0.2, -0.15) is 17.6 Å². The second-order valence-corrected chi connectivity index (χ2v) is 7.16. The van der Waals surface area contributed by atoms with Gasteiger partial charge in [0.1, 0.15) is 5.75 Å². The standard InChI is InChI=1S/C19H26F4N2O.ClH/c20-18(21)19(22,23)26-16-8-6-15(7-9-16)17(14-4-2-1-3-5-14)25-12-10-24-11-13-25;/h6-9,14,17-18,24H,1-5,10-13H2;1H/t17-;/m1./s1. The van der Waals surface area contributed by atoms with Crippen LogP contribution in [0.25, 0.3) is 0 Å². The van der Waals surface area contributed by atoms with E-state index in [0.717, 1.165) is 44.6 Å². The number of benzene rings is 1. The maximum atomic E-state index is 13.1. The third-order valence-electron chi connectivity index (χ3n) is 5.37. The van der Waals surface area contributed by atoms with Crippen LogP contribution in [0.3, 0.4) is 0 Å². The molecule has 0 bridgehead atoms. The number of ether oxygens (including phenoxy) is 1. The SMILES string of the molecule is Cl.FC(F)C(F)(F)Oc1ccc([C@@H](C2CCCCC2)N2CCNCC2)cc1. The molecule has 154 valence electrons. The monoisotopic (exact) mass is 410 g/mol. The van der Waals surface area contributed by atoms with Gasteiger partial charge in [0.15, 0.2) is 0 Å². The Labute approximate surface area is 163 Å². The zero-order valence-electron chi connectivity index (χ0n) is 15.2. The van der Waals surface area contributed by atoms with E-state index in [-0.39, 0.29) is 24.2 Å². The van der Waals surface area contributed by atoms with Crippen LogP contribution in [0.1, 0.15) is 43.7 Å². The first-order valence-electron chi connectivity index (χ1n) is 9.37. The minimum Gasteiger partial charge on any atom is -0.428 e. The Morgan fingerprint density at radius 1 is 1.00 bits per heavy atom. The van der Waals surface area contributed by atoms with Crippen molar-refractivity contribution in [1.29, 1.82) is 0 Å². The summed E-state index contributed by atoms with van der Waals surface area (Å²) in [7, 11) is 0. The summed E-state index contributed by atoms with van der Waals surface area (Å²) in [5.41, 5.74) is 1.05. The highest BCUT2D eigenvalue weighted by Gasteiger charge is 2.44. The van der Waals surface area contributed by atoms with Crippen molar-refractivity contribution in [1.82, 2.24) is 10.2 Å². The Morgan fingerprint density at radius 2 is 1.59 bits per heavy atom. The van der Waals surface area contributed by atoms with Gasteiger partial charge in [0.25, 0.3) is 0 Å². The Kier molecular flexibility index (Phi) is 8.19. The maximum Gasteiger partial charge on any atom is 0.461 e. The predicted molar refractivity (Wildman–Crippen MR) is 99.0 cm³/mol. The van der Waals surface area contributed by atoms with E-state index in [1.165, 1.54) is 31.4 Å². The summed E-state index contributed by atoms with van der Waals surface area (Å²) in [6.45, 7) is 3.77. The number of halogens is 5. The van der Waals surface area contributed by atoms with E-state index in [9.17, 15) is 17.6 Å². The van der Waals surface area contributed by atoms with Crippen molar-refractivity contribution in [3.8, 4) is 5.75 Å². The van der Waals surface area contributed by atoms with Crippen LogP contribution in [-0.4, -0.2) is 43.6 Å². The summed E-state index contributed by atoms with van der Waals surface area (Å²) in [4.78, 5) is 2.45. The van der Waals surface area contributed by atoms with E-state index in [4.69, 9.17) is 0 Å². The average molecular weight is 411 g/mol. The zero-order valence-corrected chi connectivity index (χ0v) is 16.0. The van der Waals surface area contributed by atoms with Gasteiger partial charge in [0.2, 0.25) is 0 Å². The van der Waals surface area contributed by atoms with E-state index >= 15 is 0 Å². The molecule has 0 aromatic heterocycles. The summed E-state index contributed by atoms with van der Waals surface area (Å²) in [6, 6.07) is 6.49. The number of nitrogens with zero attached hydrogens (tertiary/aromatic N) is 1. The van der Waals surface area contributed by atoms with Crippen molar-refractivity contribution in [3.63, 3.8) is 0 Å². The van der Waals surface area contributed by atoms with Crippen molar-refractivity contribution in [2.45, 2.75) is 50.7 Å². The van der Waals surface area contributed by atoms with Crippen LogP contribution in [0, 0.1) is 5.92 Å². The van der Waals surface area contributed by atoms with E-state index in [2.05, 4.69) is 15.0 Å². The summed E-state index contributed by atoms with van der Waals surface area (Å²) in [5.74, 6) is 0.304. The highest BCUT2D eigenvalue weighted by molar-refractivity contribution is 5.85. The molecule has 3 nitrogen and oxygen atoms in total. The molecule has 2 fully saturated rings. The van der Waals surface area contributed by atoms with E-state index in [1.54, 1.807) is 12.1 Å². The Hall–Kier alpha value is -1.05. The highest BCUT2D eigenvalue weighted by atomic mass is 35.5. The van der Waals surface area contributed by atoms with Gasteiger partial charge in [-0.25, -0.2) is 0 Å². The van der Waals surface area contributed by atoms with E-state index in [0.29, 0.717) is 5.92 Å². The summed E-state index contributed by atoms with van der Waals surface area (Å²) < 4.78 is 55.0. The van der Waals surface area contributed by atoms with Crippen LogP contribution < -0.4 is 10.1 Å². The summed E-state index contributed by atoms with van der Waals surface area (Å²) in [5, 5.41) is 3.35. The molecule has 8 heteroatoms. The van der Waals surface area contributed by atoms with Gasteiger partial charge in [-0.05, 0) is 36.5 Å². The molecule has 3 rings (SSSR count). The lowest BCUT2D eigenvalue weighted by Crippen LogP contribution is -2.47. The molecular weight excluding hydrogens is 384 g/mol. The van der Waals surface area contributed by atoms with Crippen molar-refractivity contribution >= 4 is 12.4 Å². The van der Waals surface area contributed by atoms with Crippen molar-refractivity contribution < 1.29 is 22.3 Å². The first kappa shape index (κ1) is 22.2. The van der Waals surface area contributed by atoms with Gasteiger partial charge < -0.3 is 10.1 Å². The van der Waals surface area contributed by atoms with Crippen LogP contribution >= 0.6 is 12.4 Å². The Morgan fingerprint density at radius 3 is 2.15 bits per heavy atom. The lowest BCUT2D eigenvalue weighted by molar-refractivity contribution is -0.253. The molecule has 1 atom stereocenters. The molecule has 0 amide bonds. The quantitative estimate of drug-likeness (QED) is 0.677. The number of hydrogen-bond donors (Lipinski definition) is 1. The van der Waals surface area contributed by atoms with Gasteiger partial charge >= 0.3 is 12.5 Å². The van der Waals surface area contributed by atoms with Gasteiger partial charge in [-0.1, -0.05) is 31.4 Å². The van der Waals surface area contributed by atoms with Crippen LogP contribution in [0.5, 0.6) is 5.75 Å². The largest absolute Gasteiger partial charge is 0.461 e. The number of piperazine rings is 1. The van der Waals surface area contributed by atoms with Crippen LogP contribution in [-0.2, 0) is 0 Å². The predicted octanol–water partition coefficient (Wildman–Crippen LogP) is 4.87. The summed E-state index contributed by atoms with van der Waals surface area (Å²) in [6.07, 6.45) is -2.29. The fourth-order valence-electron chi connectivity index (χ4n) is 4.13. The first-order valence-corrected chi connectivity index (χ1v) is 9.37. The molecule has 0 radical (unpaired) electrons. The second kappa shape index (κ2) is 9.94. The molecule has 1 saturated heterocycles. The molecule has 1 aromatic rings. The minimum atomic E-state index is -4.47. The van der Waals surface area contributed by atoms with E-state index < -0.39 is 12.5 Å². The second-order valence-electron chi connectivity index (χ2n) is 7.16. The molecule has 27 heavy (non-hydrogen) atoms. The number of hydrogen-bond acceptors (Lipinski definition) is 3. The molecule has 1 aliphatic carbocycles. The van der Waals surface area contributed by atoms with Crippen LogP contribution in [0.15, 0.2) is 24.3 Å². The number of rotatable bonds is 6. The van der Waals surface area contributed by atoms with Gasteiger partial charge in [0.05, 0.1) is 0 Å². The molecule has 1 N–H and O–H groups in total. The lowest BCUT2D eigenvalue weighted by atomic mass is 9.80. The van der Waals surface area contributed by atoms with Gasteiger partial charge in [0, 0.05) is 32.2 Å². The number of nitrogens with one attached hydrogen (secondary N) is 1. The molecule has 1 aliphatic heterocycles. The normalized spacial score (nSPS) is 20.9. The first-order chi connectivity index (χ1) is 12.5. The smallest absolute Gasteiger partial charge is 0.428 e.